The number of hydrogen-bond donors (Lipinski definition) is 1. The van der Waals surface area contributed by atoms with Gasteiger partial charge in [0.2, 0.25) is 0 Å². The van der Waals surface area contributed by atoms with Gasteiger partial charge in [0.15, 0.2) is 0 Å². The van der Waals surface area contributed by atoms with E-state index in [0.717, 1.165) is 25.4 Å². The number of hydrogen-bond acceptors (Lipinski definition) is 3. The van der Waals surface area contributed by atoms with Crippen LogP contribution >= 0.6 is 0 Å². The lowest BCUT2D eigenvalue weighted by Gasteiger charge is -2.39. The van der Waals surface area contributed by atoms with Crippen molar-refractivity contribution in [1.82, 2.24) is 10.2 Å². The van der Waals surface area contributed by atoms with Gasteiger partial charge in [-0.15, -0.1) is 0 Å². The molecule has 2 atom stereocenters. The minimum atomic E-state index is 0.401. The van der Waals surface area contributed by atoms with Gasteiger partial charge < -0.3 is 10.1 Å². The van der Waals surface area contributed by atoms with Gasteiger partial charge in [-0.2, -0.15) is 0 Å². The third-order valence-corrected chi connectivity index (χ3v) is 4.39. The Balaban J connectivity index is 2.18. The van der Waals surface area contributed by atoms with Crippen LogP contribution in [0.25, 0.3) is 0 Å². The highest BCUT2D eigenvalue weighted by atomic mass is 16.5. The number of para-hydroxylation sites is 1. The minimum Gasteiger partial charge on any atom is -0.494 e. The topological polar surface area (TPSA) is 24.5 Å². The lowest BCUT2D eigenvalue weighted by Crippen LogP contribution is -2.47. The fraction of sp³-hybridized carbons (Fsp3) is 0.667. The van der Waals surface area contributed by atoms with E-state index >= 15 is 0 Å². The zero-order chi connectivity index (χ0) is 15.1. The van der Waals surface area contributed by atoms with E-state index in [-0.39, 0.29) is 0 Å². The van der Waals surface area contributed by atoms with E-state index in [1.165, 1.54) is 31.4 Å². The fourth-order valence-corrected chi connectivity index (χ4v) is 3.36. The Bertz CT molecular complexity index is 415. The molecule has 1 fully saturated rings. The zero-order valence-corrected chi connectivity index (χ0v) is 13.8. The molecular formula is C18H30N2O. The smallest absolute Gasteiger partial charge is 0.124 e. The molecule has 118 valence electrons. The van der Waals surface area contributed by atoms with Gasteiger partial charge >= 0.3 is 0 Å². The zero-order valence-electron chi connectivity index (χ0n) is 13.8. The van der Waals surface area contributed by atoms with Gasteiger partial charge in [0.25, 0.3) is 0 Å². The van der Waals surface area contributed by atoms with Gasteiger partial charge in [-0.05, 0) is 52.3 Å². The summed E-state index contributed by atoms with van der Waals surface area (Å²) in [4.78, 5) is 2.66. The molecule has 1 N–H and O–H groups in total. The highest BCUT2D eigenvalue weighted by Gasteiger charge is 2.26. The molecular weight excluding hydrogens is 260 g/mol. The van der Waals surface area contributed by atoms with Crippen LogP contribution in [-0.4, -0.2) is 37.2 Å². The first-order valence-electron chi connectivity index (χ1n) is 8.46. The molecule has 0 saturated carbocycles. The molecule has 1 aliphatic rings. The molecule has 2 unspecified atom stereocenters. The number of rotatable bonds is 7. The van der Waals surface area contributed by atoms with Crippen molar-refractivity contribution in [1.29, 1.82) is 0 Å². The molecule has 1 aromatic carbocycles. The van der Waals surface area contributed by atoms with E-state index in [1.807, 2.05) is 0 Å². The number of nitrogens with zero attached hydrogens (tertiary/aromatic N) is 1. The van der Waals surface area contributed by atoms with Crippen molar-refractivity contribution in [2.45, 2.75) is 52.1 Å². The first-order valence-corrected chi connectivity index (χ1v) is 8.46. The highest BCUT2D eigenvalue weighted by Crippen LogP contribution is 2.31. The SMILES string of the molecule is CCCN(C1CCCNC1)C(C)c1ccccc1OCC. The fourth-order valence-electron chi connectivity index (χ4n) is 3.36. The summed E-state index contributed by atoms with van der Waals surface area (Å²) < 4.78 is 5.83. The molecule has 3 nitrogen and oxygen atoms in total. The van der Waals surface area contributed by atoms with Crippen LogP contribution in [0.1, 0.15) is 51.6 Å². The van der Waals surface area contributed by atoms with Crippen molar-refractivity contribution in [2.75, 3.05) is 26.2 Å². The quantitative estimate of drug-likeness (QED) is 0.830. The molecule has 0 aromatic heterocycles. The Morgan fingerprint density at radius 1 is 1.33 bits per heavy atom. The van der Waals surface area contributed by atoms with Gasteiger partial charge in [-0.25, -0.2) is 0 Å². The summed E-state index contributed by atoms with van der Waals surface area (Å²) in [5.41, 5.74) is 1.32. The van der Waals surface area contributed by atoms with Crippen LogP contribution in [0.2, 0.25) is 0 Å². The van der Waals surface area contributed by atoms with Gasteiger partial charge in [-0.3, -0.25) is 4.90 Å². The number of ether oxygens (including phenoxy) is 1. The van der Waals surface area contributed by atoms with Crippen molar-refractivity contribution in [3.8, 4) is 5.75 Å². The van der Waals surface area contributed by atoms with Crippen LogP contribution in [0, 0.1) is 0 Å². The molecule has 2 rings (SSSR count). The monoisotopic (exact) mass is 290 g/mol. The molecule has 1 heterocycles. The number of nitrogens with one attached hydrogen (secondary N) is 1. The van der Waals surface area contributed by atoms with E-state index in [1.54, 1.807) is 0 Å². The molecule has 0 bridgehead atoms. The molecule has 0 radical (unpaired) electrons. The summed E-state index contributed by atoms with van der Waals surface area (Å²) in [6, 6.07) is 9.54. The lowest BCUT2D eigenvalue weighted by molar-refractivity contribution is 0.118. The normalized spacial score (nSPS) is 20.5. The summed E-state index contributed by atoms with van der Waals surface area (Å²) >= 11 is 0. The number of benzene rings is 1. The van der Waals surface area contributed by atoms with Crippen molar-refractivity contribution in [3.05, 3.63) is 29.8 Å². The van der Waals surface area contributed by atoms with Gasteiger partial charge in [0.05, 0.1) is 6.61 Å². The van der Waals surface area contributed by atoms with E-state index in [9.17, 15) is 0 Å². The molecule has 0 spiro atoms. The Morgan fingerprint density at radius 2 is 2.14 bits per heavy atom. The second-order valence-corrected chi connectivity index (χ2v) is 5.88. The van der Waals surface area contributed by atoms with Crippen LogP contribution in [0.15, 0.2) is 24.3 Å². The molecule has 0 amide bonds. The second-order valence-electron chi connectivity index (χ2n) is 5.88. The maximum Gasteiger partial charge on any atom is 0.124 e. The Morgan fingerprint density at radius 3 is 2.81 bits per heavy atom. The predicted octanol–water partition coefficient (Wildman–Crippen LogP) is 3.61. The molecule has 1 saturated heterocycles. The highest BCUT2D eigenvalue weighted by molar-refractivity contribution is 5.35. The van der Waals surface area contributed by atoms with Crippen LogP contribution in [0.5, 0.6) is 5.75 Å². The van der Waals surface area contributed by atoms with Crippen molar-refractivity contribution in [2.24, 2.45) is 0 Å². The lowest BCUT2D eigenvalue weighted by atomic mass is 9.99. The molecule has 1 aliphatic heterocycles. The van der Waals surface area contributed by atoms with E-state index in [4.69, 9.17) is 4.74 Å². The predicted molar refractivity (Wildman–Crippen MR) is 88.9 cm³/mol. The van der Waals surface area contributed by atoms with Gasteiger partial charge in [0, 0.05) is 24.2 Å². The summed E-state index contributed by atoms with van der Waals surface area (Å²) in [6.45, 7) is 10.8. The summed E-state index contributed by atoms with van der Waals surface area (Å²) in [5.74, 6) is 1.04. The minimum absolute atomic E-state index is 0.401. The summed E-state index contributed by atoms with van der Waals surface area (Å²) in [5, 5.41) is 3.55. The summed E-state index contributed by atoms with van der Waals surface area (Å²) in [6.07, 6.45) is 3.77. The molecule has 3 heteroatoms. The first-order chi connectivity index (χ1) is 10.3. The Kier molecular flexibility index (Phi) is 6.52. The third kappa shape index (κ3) is 4.21. The Hall–Kier alpha value is -1.06. The third-order valence-electron chi connectivity index (χ3n) is 4.39. The van der Waals surface area contributed by atoms with Crippen LogP contribution in [0.3, 0.4) is 0 Å². The standard InChI is InChI=1S/C18H30N2O/c1-4-13-20(16-9-8-12-19-14-16)15(3)17-10-6-7-11-18(17)21-5-2/h6-7,10-11,15-16,19H,4-5,8-9,12-14H2,1-3H3. The molecule has 0 aliphatic carbocycles. The van der Waals surface area contributed by atoms with E-state index in [2.05, 4.69) is 55.3 Å². The van der Waals surface area contributed by atoms with E-state index in [0.29, 0.717) is 12.1 Å². The van der Waals surface area contributed by atoms with Crippen molar-refractivity contribution < 1.29 is 4.74 Å². The van der Waals surface area contributed by atoms with Crippen molar-refractivity contribution >= 4 is 0 Å². The van der Waals surface area contributed by atoms with Crippen molar-refractivity contribution in [3.63, 3.8) is 0 Å². The first kappa shape index (κ1) is 16.3. The largest absolute Gasteiger partial charge is 0.494 e. The van der Waals surface area contributed by atoms with E-state index < -0.39 is 0 Å². The average Bonchev–Trinajstić information content (AvgIpc) is 2.54. The maximum absolute atomic E-state index is 5.83. The average molecular weight is 290 g/mol. The van der Waals surface area contributed by atoms with Crippen LogP contribution < -0.4 is 10.1 Å². The summed E-state index contributed by atoms with van der Waals surface area (Å²) in [7, 11) is 0. The van der Waals surface area contributed by atoms with Crippen LogP contribution in [0.4, 0.5) is 0 Å². The Labute approximate surface area is 129 Å². The second kappa shape index (κ2) is 8.40. The van der Waals surface area contributed by atoms with Gasteiger partial charge in [-0.1, -0.05) is 25.1 Å². The van der Waals surface area contributed by atoms with Crippen LogP contribution in [-0.2, 0) is 0 Å². The van der Waals surface area contributed by atoms with Gasteiger partial charge in [0.1, 0.15) is 5.75 Å². The maximum atomic E-state index is 5.83. The number of piperidine rings is 1. The molecule has 21 heavy (non-hydrogen) atoms. The molecule has 1 aromatic rings.